The second kappa shape index (κ2) is 6.74. The van der Waals surface area contributed by atoms with Crippen molar-refractivity contribution in [2.24, 2.45) is 0 Å². The number of nitrogens with zero attached hydrogens (tertiary/aromatic N) is 1. The molecule has 94 valence electrons. The fourth-order valence-corrected chi connectivity index (χ4v) is 2.00. The zero-order valence-corrected chi connectivity index (χ0v) is 10.4. The number of nitrogens with one attached hydrogen (secondary N) is 1. The van der Waals surface area contributed by atoms with Crippen molar-refractivity contribution in [2.75, 3.05) is 13.6 Å². The van der Waals surface area contributed by atoms with E-state index in [2.05, 4.69) is 12.2 Å². The van der Waals surface area contributed by atoms with Crippen molar-refractivity contribution in [2.45, 2.75) is 57.6 Å². The van der Waals surface area contributed by atoms with Crippen LogP contribution in [-0.2, 0) is 0 Å². The molecular weight excluding hydrogens is 204 g/mol. The number of amides is 2. The van der Waals surface area contributed by atoms with E-state index in [0.717, 1.165) is 45.1 Å². The van der Waals surface area contributed by atoms with Gasteiger partial charge in [-0.15, -0.1) is 0 Å². The van der Waals surface area contributed by atoms with Gasteiger partial charge in [-0.3, -0.25) is 0 Å². The predicted molar refractivity (Wildman–Crippen MR) is 64.3 cm³/mol. The molecule has 4 nitrogen and oxygen atoms in total. The SMILES string of the molecule is CCCCN(C)C(=O)NC1CCC(O)CC1. The number of hydrogen-bond acceptors (Lipinski definition) is 2. The number of rotatable bonds is 4. The van der Waals surface area contributed by atoms with E-state index in [-0.39, 0.29) is 18.2 Å². The first kappa shape index (κ1) is 13.3. The van der Waals surface area contributed by atoms with Crippen molar-refractivity contribution in [1.29, 1.82) is 0 Å². The normalized spacial score (nSPS) is 25.2. The zero-order chi connectivity index (χ0) is 12.0. The first-order valence-electron chi connectivity index (χ1n) is 6.33. The van der Waals surface area contributed by atoms with Crippen LogP contribution < -0.4 is 5.32 Å². The molecule has 0 bridgehead atoms. The van der Waals surface area contributed by atoms with E-state index in [9.17, 15) is 9.90 Å². The molecule has 0 radical (unpaired) electrons. The van der Waals surface area contributed by atoms with Gasteiger partial charge in [0.05, 0.1) is 6.10 Å². The fraction of sp³-hybridized carbons (Fsp3) is 0.917. The first-order valence-corrected chi connectivity index (χ1v) is 6.33. The molecule has 0 atom stereocenters. The molecule has 0 aliphatic heterocycles. The summed E-state index contributed by atoms with van der Waals surface area (Å²) in [5.41, 5.74) is 0. The maximum atomic E-state index is 11.8. The molecule has 0 heterocycles. The molecule has 0 unspecified atom stereocenters. The Morgan fingerprint density at radius 1 is 1.38 bits per heavy atom. The van der Waals surface area contributed by atoms with Crippen LogP contribution in [0, 0.1) is 0 Å². The van der Waals surface area contributed by atoms with E-state index in [4.69, 9.17) is 0 Å². The third-order valence-electron chi connectivity index (χ3n) is 3.22. The van der Waals surface area contributed by atoms with Gasteiger partial charge in [0.2, 0.25) is 0 Å². The number of aliphatic hydroxyl groups is 1. The van der Waals surface area contributed by atoms with Crippen molar-refractivity contribution in [3.8, 4) is 0 Å². The molecule has 0 aromatic rings. The van der Waals surface area contributed by atoms with Crippen molar-refractivity contribution < 1.29 is 9.90 Å². The van der Waals surface area contributed by atoms with Gasteiger partial charge >= 0.3 is 6.03 Å². The lowest BCUT2D eigenvalue weighted by Crippen LogP contribution is -2.45. The Morgan fingerprint density at radius 2 is 2.00 bits per heavy atom. The maximum Gasteiger partial charge on any atom is 0.317 e. The molecule has 1 saturated carbocycles. The van der Waals surface area contributed by atoms with Gasteiger partial charge in [0.1, 0.15) is 0 Å². The minimum atomic E-state index is -0.161. The molecule has 2 amide bonds. The van der Waals surface area contributed by atoms with E-state index in [0.29, 0.717) is 0 Å². The predicted octanol–water partition coefficient (Wildman–Crippen LogP) is 1.73. The lowest BCUT2D eigenvalue weighted by Gasteiger charge is -2.28. The summed E-state index contributed by atoms with van der Waals surface area (Å²) in [4.78, 5) is 13.5. The largest absolute Gasteiger partial charge is 0.393 e. The van der Waals surface area contributed by atoms with Gasteiger partial charge < -0.3 is 15.3 Å². The molecule has 4 heteroatoms. The number of carbonyl (C=O) groups excluding carboxylic acids is 1. The highest BCUT2D eigenvalue weighted by molar-refractivity contribution is 5.74. The minimum Gasteiger partial charge on any atom is -0.393 e. The van der Waals surface area contributed by atoms with Crippen LogP contribution in [0.15, 0.2) is 0 Å². The van der Waals surface area contributed by atoms with Crippen LogP contribution in [0.3, 0.4) is 0 Å². The lowest BCUT2D eigenvalue weighted by atomic mass is 9.93. The number of carbonyl (C=O) groups is 1. The Morgan fingerprint density at radius 3 is 2.56 bits per heavy atom. The molecule has 0 saturated heterocycles. The van der Waals surface area contributed by atoms with Crippen LogP contribution in [0.2, 0.25) is 0 Å². The molecular formula is C12H24N2O2. The number of hydrogen-bond donors (Lipinski definition) is 2. The molecule has 1 aliphatic carbocycles. The van der Waals surface area contributed by atoms with Gasteiger partial charge in [-0.1, -0.05) is 13.3 Å². The molecule has 16 heavy (non-hydrogen) atoms. The number of urea groups is 1. The van der Waals surface area contributed by atoms with Crippen molar-refractivity contribution in [3.05, 3.63) is 0 Å². The Balaban J connectivity index is 2.22. The quantitative estimate of drug-likeness (QED) is 0.770. The van der Waals surface area contributed by atoms with E-state index < -0.39 is 0 Å². The van der Waals surface area contributed by atoms with Crippen LogP contribution in [0.5, 0.6) is 0 Å². The van der Waals surface area contributed by atoms with Gasteiger partial charge in [-0.25, -0.2) is 4.79 Å². The second-order valence-corrected chi connectivity index (χ2v) is 4.73. The zero-order valence-electron chi connectivity index (χ0n) is 10.4. The van der Waals surface area contributed by atoms with E-state index >= 15 is 0 Å². The van der Waals surface area contributed by atoms with Gasteiger partial charge in [-0.2, -0.15) is 0 Å². The molecule has 0 aromatic carbocycles. The van der Waals surface area contributed by atoms with Crippen molar-refractivity contribution >= 4 is 6.03 Å². The third-order valence-corrected chi connectivity index (χ3v) is 3.22. The van der Waals surface area contributed by atoms with E-state index in [1.165, 1.54) is 0 Å². The topological polar surface area (TPSA) is 52.6 Å². The second-order valence-electron chi connectivity index (χ2n) is 4.73. The smallest absolute Gasteiger partial charge is 0.317 e. The molecule has 0 aromatic heterocycles. The Bertz CT molecular complexity index is 213. The van der Waals surface area contributed by atoms with Gasteiger partial charge in [0.25, 0.3) is 0 Å². The van der Waals surface area contributed by atoms with Crippen LogP contribution in [0.25, 0.3) is 0 Å². The third kappa shape index (κ3) is 4.39. The molecule has 1 fully saturated rings. The van der Waals surface area contributed by atoms with E-state index in [1.54, 1.807) is 4.90 Å². The van der Waals surface area contributed by atoms with Crippen molar-refractivity contribution in [1.82, 2.24) is 10.2 Å². The Hall–Kier alpha value is -0.770. The van der Waals surface area contributed by atoms with Gasteiger partial charge in [0.15, 0.2) is 0 Å². The van der Waals surface area contributed by atoms with E-state index in [1.807, 2.05) is 7.05 Å². The van der Waals surface area contributed by atoms with Crippen LogP contribution in [0.1, 0.15) is 45.4 Å². The highest BCUT2D eigenvalue weighted by Crippen LogP contribution is 2.18. The van der Waals surface area contributed by atoms with Crippen LogP contribution in [0.4, 0.5) is 4.79 Å². The molecule has 1 aliphatic rings. The summed E-state index contributed by atoms with van der Waals surface area (Å²) in [5, 5.41) is 12.4. The van der Waals surface area contributed by atoms with Gasteiger partial charge in [0, 0.05) is 19.6 Å². The summed E-state index contributed by atoms with van der Waals surface area (Å²) in [5.74, 6) is 0. The lowest BCUT2D eigenvalue weighted by molar-refractivity contribution is 0.116. The number of aliphatic hydroxyl groups excluding tert-OH is 1. The summed E-state index contributed by atoms with van der Waals surface area (Å²) in [7, 11) is 1.84. The average molecular weight is 228 g/mol. The Kier molecular flexibility index (Phi) is 5.60. The maximum absolute atomic E-state index is 11.8. The fourth-order valence-electron chi connectivity index (χ4n) is 2.00. The summed E-state index contributed by atoms with van der Waals surface area (Å²) in [6.45, 7) is 2.94. The minimum absolute atomic E-state index is 0.0230. The van der Waals surface area contributed by atoms with Crippen molar-refractivity contribution in [3.63, 3.8) is 0 Å². The van der Waals surface area contributed by atoms with Crippen LogP contribution >= 0.6 is 0 Å². The summed E-state index contributed by atoms with van der Waals surface area (Å²) in [6, 6.07) is 0.273. The van der Waals surface area contributed by atoms with Crippen LogP contribution in [-0.4, -0.2) is 41.8 Å². The molecule has 2 N–H and O–H groups in total. The molecule has 1 rings (SSSR count). The molecule has 0 spiro atoms. The Labute approximate surface area is 98.0 Å². The summed E-state index contributed by atoms with van der Waals surface area (Å²) < 4.78 is 0. The number of unbranched alkanes of at least 4 members (excludes halogenated alkanes) is 1. The average Bonchev–Trinajstić information content (AvgIpc) is 2.29. The monoisotopic (exact) mass is 228 g/mol. The van der Waals surface area contributed by atoms with Gasteiger partial charge in [-0.05, 0) is 32.1 Å². The standard InChI is InChI=1S/C12H24N2O2/c1-3-4-9-14(2)12(16)13-10-5-7-11(15)8-6-10/h10-11,15H,3-9H2,1-2H3,(H,13,16). The highest BCUT2D eigenvalue weighted by Gasteiger charge is 2.21. The summed E-state index contributed by atoms with van der Waals surface area (Å²) in [6.07, 6.45) is 5.41. The first-order chi connectivity index (χ1) is 7.63. The highest BCUT2D eigenvalue weighted by atomic mass is 16.3. The summed E-state index contributed by atoms with van der Waals surface area (Å²) >= 11 is 0.